The standard InChI is InChI=1S/C15H14ClN5/c1-9-6-7-11(8-10(9)2)21-15(18-19-20-21)14-12(16)4-3-5-13(14)17/h3-8H,17H2,1-2H3. The lowest BCUT2D eigenvalue weighted by atomic mass is 10.1. The fourth-order valence-corrected chi connectivity index (χ4v) is 2.42. The van der Waals surface area contributed by atoms with Gasteiger partial charge in [0, 0.05) is 5.69 Å². The predicted molar refractivity (Wildman–Crippen MR) is 83.5 cm³/mol. The number of benzene rings is 2. The van der Waals surface area contributed by atoms with Gasteiger partial charge in [-0.25, -0.2) is 0 Å². The van der Waals surface area contributed by atoms with E-state index in [0.717, 1.165) is 5.69 Å². The summed E-state index contributed by atoms with van der Waals surface area (Å²) in [4.78, 5) is 0. The van der Waals surface area contributed by atoms with Crippen molar-refractivity contribution in [2.24, 2.45) is 0 Å². The Bertz CT molecular complexity index is 789. The first kappa shape index (κ1) is 13.6. The summed E-state index contributed by atoms with van der Waals surface area (Å²) in [7, 11) is 0. The van der Waals surface area contributed by atoms with Crippen LogP contribution in [0.5, 0.6) is 0 Å². The first-order valence-corrected chi connectivity index (χ1v) is 6.86. The molecule has 3 rings (SSSR count). The lowest BCUT2D eigenvalue weighted by molar-refractivity contribution is 0.790. The molecule has 0 amide bonds. The van der Waals surface area contributed by atoms with Crippen molar-refractivity contribution in [3.8, 4) is 17.1 Å². The highest BCUT2D eigenvalue weighted by Gasteiger charge is 2.16. The Hall–Kier alpha value is -2.40. The lowest BCUT2D eigenvalue weighted by Crippen LogP contribution is -2.03. The van der Waals surface area contributed by atoms with Gasteiger partial charge in [-0.1, -0.05) is 23.7 Å². The number of aryl methyl sites for hydroxylation is 2. The number of nitrogen functional groups attached to an aromatic ring is 1. The van der Waals surface area contributed by atoms with Gasteiger partial charge in [-0.05, 0) is 59.7 Å². The number of hydrogen-bond acceptors (Lipinski definition) is 4. The molecule has 6 heteroatoms. The van der Waals surface area contributed by atoms with E-state index in [9.17, 15) is 0 Å². The predicted octanol–water partition coefficient (Wildman–Crippen LogP) is 3.18. The molecular weight excluding hydrogens is 286 g/mol. The number of anilines is 1. The van der Waals surface area contributed by atoms with Crippen LogP contribution in [-0.2, 0) is 0 Å². The average Bonchev–Trinajstić information content (AvgIpc) is 2.91. The molecule has 0 unspecified atom stereocenters. The number of halogens is 1. The van der Waals surface area contributed by atoms with Gasteiger partial charge in [0.1, 0.15) is 0 Å². The minimum Gasteiger partial charge on any atom is -0.398 e. The van der Waals surface area contributed by atoms with E-state index in [-0.39, 0.29) is 0 Å². The van der Waals surface area contributed by atoms with Crippen LogP contribution < -0.4 is 5.73 Å². The molecule has 5 nitrogen and oxygen atoms in total. The highest BCUT2D eigenvalue weighted by molar-refractivity contribution is 6.33. The number of rotatable bonds is 2. The summed E-state index contributed by atoms with van der Waals surface area (Å²) in [5, 5.41) is 12.4. The molecule has 0 saturated carbocycles. The van der Waals surface area contributed by atoms with E-state index in [0.29, 0.717) is 22.1 Å². The summed E-state index contributed by atoms with van der Waals surface area (Å²) in [5.74, 6) is 0.529. The Morgan fingerprint density at radius 1 is 1.10 bits per heavy atom. The van der Waals surface area contributed by atoms with Crippen LogP contribution in [0.15, 0.2) is 36.4 Å². The molecular formula is C15H14ClN5. The number of tetrazole rings is 1. The van der Waals surface area contributed by atoms with E-state index in [2.05, 4.69) is 22.4 Å². The van der Waals surface area contributed by atoms with Gasteiger partial charge in [-0.3, -0.25) is 0 Å². The summed E-state index contributed by atoms with van der Waals surface area (Å²) in [6.07, 6.45) is 0. The molecule has 1 aromatic heterocycles. The second-order valence-electron chi connectivity index (χ2n) is 4.89. The van der Waals surface area contributed by atoms with Crippen LogP contribution in [0.25, 0.3) is 17.1 Å². The fraction of sp³-hybridized carbons (Fsp3) is 0.133. The van der Waals surface area contributed by atoms with Crippen LogP contribution in [0.4, 0.5) is 5.69 Å². The SMILES string of the molecule is Cc1ccc(-n2nnnc2-c2c(N)cccc2Cl)cc1C. The minimum absolute atomic E-state index is 0.523. The van der Waals surface area contributed by atoms with Crippen LogP contribution in [0.2, 0.25) is 5.02 Å². The Kier molecular flexibility index (Phi) is 3.35. The van der Waals surface area contributed by atoms with Crippen molar-refractivity contribution in [3.63, 3.8) is 0 Å². The molecule has 1 heterocycles. The first-order valence-electron chi connectivity index (χ1n) is 6.48. The third-order valence-electron chi connectivity index (χ3n) is 3.47. The molecule has 106 valence electrons. The van der Waals surface area contributed by atoms with Crippen LogP contribution in [0.1, 0.15) is 11.1 Å². The van der Waals surface area contributed by atoms with Gasteiger partial charge in [-0.2, -0.15) is 4.68 Å². The van der Waals surface area contributed by atoms with Crippen molar-refractivity contribution >= 4 is 17.3 Å². The summed E-state index contributed by atoms with van der Waals surface area (Å²) in [5.41, 5.74) is 10.5. The third kappa shape index (κ3) is 2.36. The molecule has 0 aliphatic carbocycles. The highest BCUT2D eigenvalue weighted by atomic mass is 35.5. The summed E-state index contributed by atoms with van der Waals surface area (Å²) >= 11 is 6.25. The Morgan fingerprint density at radius 2 is 1.90 bits per heavy atom. The van der Waals surface area contributed by atoms with E-state index >= 15 is 0 Å². The van der Waals surface area contributed by atoms with Gasteiger partial charge in [0.2, 0.25) is 0 Å². The molecule has 2 N–H and O–H groups in total. The largest absolute Gasteiger partial charge is 0.398 e. The topological polar surface area (TPSA) is 69.6 Å². The molecule has 0 bridgehead atoms. The average molecular weight is 300 g/mol. The maximum atomic E-state index is 6.25. The van der Waals surface area contributed by atoms with Gasteiger partial charge in [-0.15, -0.1) is 5.10 Å². The summed E-state index contributed by atoms with van der Waals surface area (Å²) < 4.78 is 1.64. The molecule has 21 heavy (non-hydrogen) atoms. The molecule has 0 aliphatic heterocycles. The van der Waals surface area contributed by atoms with E-state index in [1.165, 1.54) is 11.1 Å². The number of nitrogens with zero attached hydrogens (tertiary/aromatic N) is 4. The first-order chi connectivity index (χ1) is 10.1. The van der Waals surface area contributed by atoms with Gasteiger partial charge in [0.15, 0.2) is 5.82 Å². The highest BCUT2D eigenvalue weighted by Crippen LogP contribution is 2.32. The molecule has 0 aliphatic rings. The second kappa shape index (κ2) is 5.18. The Balaban J connectivity index is 2.20. The minimum atomic E-state index is 0.523. The van der Waals surface area contributed by atoms with Gasteiger partial charge in [0.25, 0.3) is 0 Å². The summed E-state index contributed by atoms with van der Waals surface area (Å²) in [6.45, 7) is 4.11. The zero-order chi connectivity index (χ0) is 15.0. The third-order valence-corrected chi connectivity index (χ3v) is 3.79. The zero-order valence-corrected chi connectivity index (χ0v) is 12.5. The number of aromatic nitrogens is 4. The van der Waals surface area contributed by atoms with Crippen molar-refractivity contribution in [1.29, 1.82) is 0 Å². The maximum absolute atomic E-state index is 6.25. The van der Waals surface area contributed by atoms with Crippen LogP contribution in [-0.4, -0.2) is 20.2 Å². The Morgan fingerprint density at radius 3 is 2.62 bits per heavy atom. The Labute approximate surface area is 127 Å². The molecule has 2 aromatic carbocycles. The number of hydrogen-bond donors (Lipinski definition) is 1. The van der Waals surface area contributed by atoms with Crippen molar-refractivity contribution < 1.29 is 0 Å². The molecule has 0 radical (unpaired) electrons. The van der Waals surface area contributed by atoms with E-state index in [4.69, 9.17) is 17.3 Å². The number of nitrogens with two attached hydrogens (primary N) is 1. The van der Waals surface area contributed by atoms with Gasteiger partial charge < -0.3 is 5.73 Å². The normalized spacial score (nSPS) is 10.8. The van der Waals surface area contributed by atoms with Crippen LogP contribution in [0, 0.1) is 13.8 Å². The monoisotopic (exact) mass is 299 g/mol. The quantitative estimate of drug-likeness (QED) is 0.738. The van der Waals surface area contributed by atoms with Crippen molar-refractivity contribution in [3.05, 3.63) is 52.5 Å². The van der Waals surface area contributed by atoms with E-state index in [1.807, 2.05) is 25.1 Å². The van der Waals surface area contributed by atoms with Gasteiger partial charge in [0.05, 0.1) is 16.3 Å². The van der Waals surface area contributed by atoms with Crippen molar-refractivity contribution in [2.45, 2.75) is 13.8 Å². The second-order valence-corrected chi connectivity index (χ2v) is 5.29. The summed E-state index contributed by atoms with van der Waals surface area (Å²) in [6, 6.07) is 11.4. The van der Waals surface area contributed by atoms with E-state index < -0.39 is 0 Å². The van der Waals surface area contributed by atoms with Crippen LogP contribution in [0.3, 0.4) is 0 Å². The lowest BCUT2D eigenvalue weighted by Gasteiger charge is -2.10. The molecule has 0 spiro atoms. The zero-order valence-electron chi connectivity index (χ0n) is 11.7. The maximum Gasteiger partial charge on any atom is 0.190 e. The van der Waals surface area contributed by atoms with Gasteiger partial charge >= 0.3 is 0 Å². The van der Waals surface area contributed by atoms with E-state index in [1.54, 1.807) is 22.9 Å². The fourth-order valence-electron chi connectivity index (χ4n) is 2.15. The molecule has 0 fully saturated rings. The smallest absolute Gasteiger partial charge is 0.190 e. The van der Waals surface area contributed by atoms with Crippen molar-refractivity contribution in [2.75, 3.05) is 5.73 Å². The molecule has 3 aromatic rings. The van der Waals surface area contributed by atoms with Crippen LogP contribution >= 0.6 is 11.6 Å². The molecule has 0 atom stereocenters. The van der Waals surface area contributed by atoms with Crippen molar-refractivity contribution in [1.82, 2.24) is 20.2 Å². The molecule has 0 saturated heterocycles.